The molecule has 0 aliphatic carbocycles. The Labute approximate surface area is 57.7 Å². The quantitative estimate of drug-likeness (QED) is 0.480. The van der Waals surface area contributed by atoms with Crippen molar-refractivity contribution in [2.45, 2.75) is 20.3 Å². The Morgan fingerprint density at radius 1 is 1.56 bits per heavy atom. The standard InChI is InChI=1S/C6H9N.C2H6/c1-6-4-3-5-7(6)2;1-2/h3,5H,1,4H2,2H3;1-2H3. The summed E-state index contributed by atoms with van der Waals surface area (Å²) in [5.41, 5.74) is 1.18. The van der Waals surface area contributed by atoms with E-state index in [1.165, 1.54) is 5.70 Å². The lowest BCUT2D eigenvalue weighted by molar-refractivity contribution is 0.588. The van der Waals surface area contributed by atoms with E-state index in [9.17, 15) is 0 Å². The Morgan fingerprint density at radius 2 is 2.11 bits per heavy atom. The second-order valence-electron chi connectivity index (χ2n) is 1.77. The third-order valence-corrected chi connectivity index (χ3v) is 1.18. The molecule has 0 spiro atoms. The molecule has 0 aromatic heterocycles. The van der Waals surface area contributed by atoms with Gasteiger partial charge in [0.2, 0.25) is 0 Å². The highest BCUT2D eigenvalue weighted by atomic mass is 15.1. The SMILES string of the molecule is C=C1CC=CN1C.CC. The van der Waals surface area contributed by atoms with Crippen molar-refractivity contribution >= 4 is 0 Å². The van der Waals surface area contributed by atoms with Crippen LogP contribution in [0.5, 0.6) is 0 Å². The molecule has 0 amide bonds. The number of hydrogen-bond acceptors (Lipinski definition) is 1. The zero-order valence-electron chi connectivity index (χ0n) is 6.52. The summed E-state index contributed by atoms with van der Waals surface area (Å²) in [6.45, 7) is 7.80. The summed E-state index contributed by atoms with van der Waals surface area (Å²) in [7, 11) is 2.01. The normalized spacial score (nSPS) is 15.4. The Kier molecular flexibility index (Phi) is 3.85. The van der Waals surface area contributed by atoms with Crippen molar-refractivity contribution in [2.24, 2.45) is 0 Å². The van der Waals surface area contributed by atoms with Crippen molar-refractivity contribution in [2.75, 3.05) is 7.05 Å². The van der Waals surface area contributed by atoms with E-state index in [2.05, 4.69) is 12.7 Å². The highest BCUT2D eigenvalue weighted by molar-refractivity contribution is 5.10. The van der Waals surface area contributed by atoms with Crippen LogP contribution in [0.3, 0.4) is 0 Å². The summed E-state index contributed by atoms with van der Waals surface area (Å²) in [6, 6.07) is 0. The van der Waals surface area contributed by atoms with Crippen LogP contribution in [0.25, 0.3) is 0 Å². The van der Waals surface area contributed by atoms with Crippen molar-refractivity contribution in [1.29, 1.82) is 0 Å². The fraction of sp³-hybridized carbons (Fsp3) is 0.500. The van der Waals surface area contributed by atoms with Crippen LogP contribution >= 0.6 is 0 Å². The lowest BCUT2D eigenvalue weighted by atomic mass is 10.4. The molecule has 0 atom stereocenters. The van der Waals surface area contributed by atoms with E-state index in [0.29, 0.717) is 0 Å². The van der Waals surface area contributed by atoms with Gasteiger partial charge in [-0.25, -0.2) is 0 Å². The van der Waals surface area contributed by atoms with Gasteiger partial charge in [-0.05, 0) is 6.20 Å². The van der Waals surface area contributed by atoms with Crippen LogP contribution in [-0.4, -0.2) is 11.9 Å². The van der Waals surface area contributed by atoms with Gasteiger partial charge in [0.15, 0.2) is 0 Å². The molecule has 0 aromatic rings. The number of rotatable bonds is 0. The molecule has 0 fully saturated rings. The summed E-state index contributed by atoms with van der Waals surface area (Å²) in [5.74, 6) is 0. The molecule has 1 heterocycles. The van der Waals surface area contributed by atoms with Crippen LogP contribution in [0, 0.1) is 0 Å². The van der Waals surface area contributed by atoms with Gasteiger partial charge in [-0.1, -0.05) is 26.5 Å². The zero-order valence-corrected chi connectivity index (χ0v) is 6.52. The fourth-order valence-corrected chi connectivity index (χ4v) is 0.596. The maximum Gasteiger partial charge on any atom is 0.0137 e. The highest BCUT2D eigenvalue weighted by Gasteiger charge is 2.00. The van der Waals surface area contributed by atoms with Gasteiger partial charge in [0.1, 0.15) is 0 Å². The molecule has 0 N–H and O–H groups in total. The van der Waals surface area contributed by atoms with E-state index in [1.807, 2.05) is 32.0 Å². The van der Waals surface area contributed by atoms with Crippen molar-refractivity contribution in [3.63, 3.8) is 0 Å². The zero-order chi connectivity index (χ0) is 7.28. The molecule has 0 saturated heterocycles. The van der Waals surface area contributed by atoms with Crippen molar-refractivity contribution in [1.82, 2.24) is 4.90 Å². The first-order valence-electron chi connectivity index (χ1n) is 3.38. The predicted octanol–water partition coefficient (Wildman–Crippen LogP) is 2.38. The Bertz CT molecular complexity index is 114. The Morgan fingerprint density at radius 3 is 2.22 bits per heavy atom. The average molecular weight is 125 g/mol. The molecule has 0 aromatic carbocycles. The molecular formula is C8H15N. The molecule has 1 aliphatic heterocycles. The topological polar surface area (TPSA) is 3.24 Å². The predicted molar refractivity (Wildman–Crippen MR) is 42.0 cm³/mol. The molecule has 0 unspecified atom stereocenters. The van der Waals surface area contributed by atoms with Crippen LogP contribution < -0.4 is 0 Å². The van der Waals surface area contributed by atoms with E-state index < -0.39 is 0 Å². The molecule has 1 heteroatoms. The molecule has 1 nitrogen and oxygen atoms in total. The smallest absolute Gasteiger partial charge is 0.0137 e. The summed E-state index contributed by atoms with van der Waals surface area (Å²) in [5, 5.41) is 0. The summed E-state index contributed by atoms with van der Waals surface area (Å²) < 4.78 is 0. The van der Waals surface area contributed by atoms with Crippen LogP contribution in [0.4, 0.5) is 0 Å². The van der Waals surface area contributed by atoms with E-state index in [1.54, 1.807) is 0 Å². The summed E-state index contributed by atoms with van der Waals surface area (Å²) >= 11 is 0. The van der Waals surface area contributed by atoms with E-state index in [-0.39, 0.29) is 0 Å². The molecular weight excluding hydrogens is 110 g/mol. The van der Waals surface area contributed by atoms with Gasteiger partial charge in [0.25, 0.3) is 0 Å². The second kappa shape index (κ2) is 4.19. The van der Waals surface area contributed by atoms with Gasteiger partial charge in [-0.3, -0.25) is 0 Å². The van der Waals surface area contributed by atoms with Crippen molar-refractivity contribution in [3.8, 4) is 0 Å². The molecule has 52 valence electrons. The third kappa shape index (κ3) is 2.36. The molecule has 0 saturated carbocycles. The maximum absolute atomic E-state index is 3.80. The van der Waals surface area contributed by atoms with Gasteiger partial charge < -0.3 is 4.90 Å². The molecule has 1 aliphatic rings. The van der Waals surface area contributed by atoms with E-state index in [4.69, 9.17) is 0 Å². The average Bonchev–Trinajstić information content (AvgIpc) is 2.23. The highest BCUT2D eigenvalue weighted by Crippen LogP contribution is 2.11. The van der Waals surface area contributed by atoms with Crippen LogP contribution in [0.1, 0.15) is 20.3 Å². The fourth-order valence-electron chi connectivity index (χ4n) is 0.596. The Hall–Kier alpha value is -0.720. The van der Waals surface area contributed by atoms with Crippen LogP contribution in [-0.2, 0) is 0 Å². The van der Waals surface area contributed by atoms with Gasteiger partial charge >= 0.3 is 0 Å². The van der Waals surface area contributed by atoms with Gasteiger partial charge in [0.05, 0.1) is 0 Å². The first-order valence-corrected chi connectivity index (χ1v) is 3.38. The number of hydrogen-bond donors (Lipinski definition) is 0. The summed E-state index contributed by atoms with van der Waals surface area (Å²) in [4.78, 5) is 2.03. The molecule has 0 bridgehead atoms. The number of allylic oxidation sites excluding steroid dienone is 1. The molecule has 1 rings (SSSR count). The van der Waals surface area contributed by atoms with Gasteiger partial charge in [-0.15, -0.1) is 0 Å². The minimum absolute atomic E-state index is 1.02. The molecule has 9 heavy (non-hydrogen) atoms. The van der Waals surface area contributed by atoms with Crippen molar-refractivity contribution < 1.29 is 0 Å². The van der Waals surface area contributed by atoms with Crippen LogP contribution in [0.2, 0.25) is 0 Å². The minimum Gasteiger partial charge on any atom is -0.355 e. The number of nitrogens with zero attached hydrogens (tertiary/aromatic N) is 1. The second-order valence-corrected chi connectivity index (χ2v) is 1.77. The lowest BCUT2D eigenvalue weighted by Gasteiger charge is -2.06. The molecule has 0 radical (unpaired) electrons. The van der Waals surface area contributed by atoms with E-state index >= 15 is 0 Å². The van der Waals surface area contributed by atoms with E-state index in [0.717, 1.165) is 6.42 Å². The van der Waals surface area contributed by atoms with Gasteiger partial charge in [0, 0.05) is 19.2 Å². The monoisotopic (exact) mass is 125 g/mol. The lowest BCUT2D eigenvalue weighted by Crippen LogP contribution is -2.01. The minimum atomic E-state index is 1.02. The first kappa shape index (κ1) is 8.28. The third-order valence-electron chi connectivity index (χ3n) is 1.18. The summed E-state index contributed by atoms with van der Waals surface area (Å²) in [6.07, 6.45) is 5.15. The maximum atomic E-state index is 3.80. The first-order chi connectivity index (χ1) is 4.30. The largest absolute Gasteiger partial charge is 0.355 e. The Balaban J connectivity index is 0.000000291. The van der Waals surface area contributed by atoms with Crippen LogP contribution in [0.15, 0.2) is 24.6 Å². The van der Waals surface area contributed by atoms with Gasteiger partial charge in [-0.2, -0.15) is 0 Å². The van der Waals surface area contributed by atoms with Crippen molar-refractivity contribution in [3.05, 3.63) is 24.6 Å².